The van der Waals surface area contributed by atoms with Crippen LogP contribution in [0, 0.1) is 0 Å². The standard InChI is InChI=1S/C57H101NO8/c1-6-8-10-12-14-16-18-20-22-23-24-25-26-27-28-29-30-31-32-34-35-37-39-41-43-45-47-54(59)64-51-53(52-65-57(56(61)62)63-50-49-58(3,4)5)66-55(60)48-46-44-42-40-38-36-33-21-19-17-15-13-11-9-7-2/h9,11,15,17,21,33,38,40,44,46,53,57H,6-8,10,12-14,16,18-20,22-32,34-37,39,41-43,45,47-52H2,1-5H3/p+1/b11-9-,17-15-,33-21-,40-38-,46-44-. The largest absolute Gasteiger partial charge is 0.477 e. The molecule has 0 aliphatic carbocycles. The van der Waals surface area contributed by atoms with E-state index in [0.717, 1.165) is 44.9 Å². The molecule has 0 aliphatic rings. The Balaban J connectivity index is 4.26. The fourth-order valence-electron chi connectivity index (χ4n) is 7.44. The highest BCUT2D eigenvalue weighted by Gasteiger charge is 2.25. The van der Waals surface area contributed by atoms with Crippen LogP contribution in [0.15, 0.2) is 60.8 Å². The number of carbonyl (C=O) groups excluding carboxylic acids is 2. The molecule has 0 heterocycles. The van der Waals surface area contributed by atoms with Crippen molar-refractivity contribution in [3.8, 4) is 0 Å². The van der Waals surface area contributed by atoms with Crippen molar-refractivity contribution in [3.05, 3.63) is 60.8 Å². The van der Waals surface area contributed by atoms with Crippen LogP contribution in [0.3, 0.4) is 0 Å². The number of ether oxygens (including phenoxy) is 4. The second-order valence-electron chi connectivity index (χ2n) is 19.2. The Labute approximate surface area is 405 Å². The predicted octanol–water partition coefficient (Wildman–Crippen LogP) is 15.3. The number of hydrogen-bond donors (Lipinski definition) is 1. The Kier molecular flexibility index (Phi) is 46.2. The second-order valence-corrected chi connectivity index (χ2v) is 19.2. The van der Waals surface area contributed by atoms with Crippen LogP contribution in [0.5, 0.6) is 0 Å². The molecule has 0 aromatic rings. The van der Waals surface area contributed by atoms with Gasteiger partial charge in [0, 0.05) is 6.42 Å². The van der Waals surface area contributed by atoms with Crippen molar-refractivity contribution >= 4 is 17.9 Å². The number of quaternary nitrogens is 1. The normalized spacial score (nSPS) is 13.3. The molecule has 2 unspecified atom stereocenters. The minimum atomic E-state index is -1.53. The number of esters is 2. The molecule has 66 heavy (non-hydrogen) atoms. The van der Waals surface area contributed by atoms with Crippen LogP contribution in [0.1, 0.15) is 226 Å². The minimum absolute atomic E-state index is 0.0277. The first-order chi connectivity index (χ1) is 32.1. The Hall–Kier alpha value is -3.01. The lowest BCUT2D eigenvalue weighted by molar-refractivity contribution is -0.870. The van der Waals surface area contributed by atoms with Gasteiger partial charge in [0.1, 0.15) is 13.2 Å². The first kappa shape index (κ1) is 63.0. The molecule has 9 heteroatoms. The summed E-state index contributed by atoms with van der Waals surface area (Å²) in [5.74, 6) is -2.17. The summed E-state index contributed by atoms with van der Waals surface area (Å²) in [6.07, 6.45) is 57.7. The van der Waals surface area contributed by atoms with Crippen molar-refractivity contribution in [2.24, 2.45) is 0 Å². The zero-order chi connectivity index (χ0) is 48.4. The Morgan fingerprint density at radius 1 is 0.470 bits per heavy atom. The van der Waals surface area contributed by atoms with Gasteiger partial charge in [0.05, 0.1) is 40.8 Å². The van der Waals surface area contributed by atoms with Gasteiger partial charge in [-0.15, -0.1) is 0 Å². The average molecular weight is 929 g/mol. The third kappa shape index (κ3) is 48.9. The lowest BCUT2D eigenvalue weighted by Crippen LogP contribution is -2.40. The molecule has 0 bridgehead atoms. The SMILES string of the molecule is CC/C=C\C/C=C\C/C=C\C/C=C\C/C=C\CC(=O)OC(COC(=O)CCCCCCCCCCCCCCCCCCCCCCCCCCCC)COC(OCC[N+](C)(C)C)C(=O)O. The zero-order valence-corrected chi connectivity index (χ0v) is 43.3. The van der Waals surface area contributed by atoms with E-state index in [4.69, 9.17) is 18.9 Å². The lowest BCUT2D eigenvalue weighted by Gasteiger charge is -2.25. The van der Waals surface area contributed by atoms with E-state index >= 15 is 0 Å². The molecule has 382 valence electrons. The van der Waals surface area contributed by atoms with Crippen LogP contribution in [-0.4, -0.2) is 87.4 Å². The monoisotopic (exact) mass is 929 g/mol. The van der Waals surface area contributed by atoms with Gasteiger partial charge >= 0.3 is 17.9 Å². The highest BCUT2D eigenvalue weighted by Crippen LogP contribution is 2.17. The summed E-state index contributed by atoms with van der Waals surface area (Å²) in [5.41, 5.74) is 0. The van der Waals surface area contributed by atoms with Gasteiger partial charge in [-0.05, 0) is 38.5 Å². The van der Waals surface area contributed by atoms with E-state index in [0.29, 0.717) is 17.4 Å². The van der Waals surface area contributed by atoms with Crippen molar-refractivity contribution in [1.82, 2.24) is 0 Å². The number of carbonyl (C=O) groups is 3. The van der Waals surface area contributed by atoms with Crippen LogP contribution in [0.2, 0.25) is 0 Å². The molecule has 0 amide bonds. The molecule has 9 nitrogen and oxygen atoms in total. The Morgan fingerprint density at radius 2 is 0.848 bits per heavy atom. The molecule has 0 rings (SSSR count). The number of carboxylic acids is 1. The average Bonchev–Trinajstić information content (AvgIpc) is 3.28. The highest BCUT2D eigenvalue weighted by molar-refractivity contribution is 5.72. The van der Waals surface area contributed by atoms with Crippen molar-refractivity contribution in [2.75, 3.05) is 47.5 Å². The first-order valence-electron chi connectivity index (χ1n) is 27.0. The van der Waals surface area contributed by atoms with E-state index in [1.165, 1.54) is 148 Å². The lowest BCUT2D eigenvalue weighted by atomic mass is 10.0. The number of allylic oxidation sites excluding steroid dienone is 9. The molecular formula is C57H102NO8+. The number of unbranched alkanes of at least 4 members (excludes halogenated alkanes) is 25. The molecule has 2 atom stereocenters. The highest BCUT2D eigenvalue weighted by atomic mass is 16.7. The summed E-state index contributed by atoms with van der Waals surface area (Å²) < 4.78 is 22.7. The smallest absolute Gasteiger partial charge is 0.361 e. The van der Waals surface area contributed by atoms with Crippen LogP contribution >= 0.6 is 0 Å². The summed E-state index contributed by atoms with van der Waals surface area (Å²) in [7, 11) is 5.93. The molecule has 0 aromatic carbocycles. The summed E-state index contributed by atoms with van der Waals surface area (Å²) >= 11 is 0. The van der Waals surface area contributed by atoms with E-state index < -0.39 is 24.3 Å². The van der Waals surface area contributed by atoms with Crippen LogP contribution in [-0.2, 0) is 33.3 Å². The van der Waals surface area contributed by atoms with E-state index in [9.17, 15) is 19.5 Å². The maximum atomic E-state index is 12.7. The maximum absolute atomic E-state index is 12.7. The molecular weight excluding hydrogens is 827 g/mol. The summed E-state index contributed by atoms with van der Waals surface area (Å²) in [4.78, 5) is 37.2. The number of hydrogen-bond acceptors (Lipinski definition) is 7. The molecule has 0 radical (unpaired) electrons. The fourth-order valence-corrected chi connectivity index (χ4v) is 7.44. The molecule has 1 N–H and O–H groups in total. The summed E-state index contributed by atoms with van der Waals surface area (Å²) in [5, 5.41) is 9.66. The molecule has 0 fully saturated rings. The van der Waals surface area contributed by atoms with Crippen LogP contribution in [0.4, 0.5) is 0 Å². The fraction of sp³-hybridized carbons (Fsp3) is 0.772. The van der Waals surface area contributed by atoms with Crippen molar-refractivity contribution in [3.63, 3.8) is 0 Å². The topological polar surface area (TPSA) is 108 Å². The van der Waals surface area contributed by atoms with Crippen molar-refractivity contribution in [2.45, 2.75) is 238 Å². The van der Waals surface area contributed by atoms with Crippen LogP contribution < -0.4 is 0 Å². The van der Waals surface area contributed by atoms with Gasteiger partial charge in [0.2, 0.25) is 0 Å². The molecule has 0 saturated heterocycles. The maximum Gasteiger partial charge on any atom is 0.361 e. The molecule has 0 spiro atoms. The minimum Gasteiger partial charge on any atom is -0.477 e. The van der Waals surface area contributed by atoms with Gasteiger partial charge in [-0.25, -0.2) is 4.79 Å². The number of aliphatic carboxylic acids is 1. The number of rotatable bonds is 49. The zero-order valence-electron chi connectivity index (χ0n) is 43.3. The number of nitrogens with zero attached hydrogens (tertiary/aromatic N) is 1. The third-order valence-corrected chi connectivity index (χ3v) is 11.6. The second kappa shape index (κ2) is 48.4. The quantitative estimate of drug-likeness (QED) is 0.0211. The van der Waals surface area contributed by atoms with E-state index in [1.54, 1.807) is 6.08 Å². The van der Waals surface area contributed by atoms with Crippen LogP contribution in [0.25, 0.3) is 0 Å². The van der Waals surface area contributed by atoms with Gasteiger partial charge in [-0.3, -0.25) is 9.59 Å². The van der Waals surface area contributed by atoms with Gasteiger partial charge in [0.25, 0.3) is 6.29 Å². The molecule has 0 aromatic heterocycles. The summed E-state index contributed by atoms with van der Waals surface area (Å²) in [6, 6.07) is 0. The number of carboxylic acid groups (broad SMARTS) is 1. The third-order valence-electron chi connectivity index (χ3n) is 11.6. The Bertz CT molecular complexity index is 1270. The molecule has 0 saturated carbocycles. The van der Waals surface area contributed by atoms with Gasteiger partial charge < -0.3 is 28.5 Å². The molecule has 0 aliphatic heterocycles. The van der Waals surface area contributed by atoms with E-state index in [2.05, 4.69) is 56.4 Å². The van der Waals surface area contributed by atoms with Gasteiger partial charge in [-0.2, -0.15) is 0 Å². The van der Waals surface area contributed by atoms with Gasteiger partial charge in [0.15, 0.2) is 6.10 Å². The van der Waals surface area contributed by atoms with Gasteiger partial charge in [-0.1, -0.05) is 235 Å². The first-order valence-corrected chi connectivity index (χ1v) is 27.0. The number of likely N-dealkylation sites (N-methyl/N-ethyl adjacent to an activating group) is 1. The predicted molar refractivity (Wildman–Crippen MR) is 276 cm³/mol. The van der Waals surface area contributed by atoms with E-state index in [-0.39, 0.29) is 38.6 Å². The van der Waals surface area contributed by atoms with Crippen molar-refractivity contribution < 1.29 is 42.9 Å². The van der Waals surface area contributed by atoms with Crippen molar-refractivity contribution in [1.29, 1.82) is 0 Å². The van der Waals surface area contributed by atoms with E-state index in [1.807, 2.05) is 33.3 Å². The summed E-state index contributed by atoms with van der Waals surface area (Å²) in [6.45, 7) is 4.66. The Morgan fingerprint density at radius 3 is 1.23 bits per heavy atom.